The fourth-order valence-electron chi connectivity index (χ4n) is 2.86. The average molecular weight is 349 g/mol. The third kappa shape index (κ3) is 2.77. The number of carboxylic acids is 1. The smallest absolute Gasteiger partial charge is 0.335 e. The number of aromatic carboxylic acids is 1. The molecule has 2 aromatic carbocycles. The number of hydrogen-bond donors (Lipinski definition) is 3. The topological polar surface area (TPSA) is 95.3 Å². The molecule has 0 aliphatic rings. The molecule has 3 N–H and O–H groups in total. The van der Waals surface area contributed by atoms with Gasteiger partial charge in [-0.2, -0.15) is 4.98 Å². The summed E-state index contributed by atoms with van der Waals surface area (Å²) in [4.78, 5) is 19.9. The number of hydrogen-bond acceptors (Lipinski definition) is 4. The molecule has 2 heterocycles. The maximum Gasteiger partial charge on any atom is 0.335 e. The van der Waals surface area contributed by atoms with Crippen molar-refractivity contribution in [1.82, 2.24) is 19.6 Å². The highest BCUT2D eigenvalue weighted by Crippen LogP contribution is 2.25. The van der Waals surface area contributed by atoms with Gasteiger partial charge >= 0.3 is 5.97 Å². The second-order valence-corrected chi connectivity index (χ2v) is 7.28. The first kappa shape index (κ1) is 16.1. The lowest BCUT2D eigenvalue weighted by molar-refractivity contribution is 0.0697. The molecule has 7 nitrogen and oxygen atoms in total. The Hall–Kier alpha value is -3.35. The Balaban J connectivity index is 1.64. The number of benzene rings is 2. The minimum Gasteiger partial charge on any atom is -0.478 e. The van der Waals surface area contributed by atoms with Crippen LogP contribution in [0.2, 0.25) is 0 Å². The van der Waals surface area contributed by atoms with Crippen molar-refractivity contribution in [2.75, 3.05) is 5.32 Å². The molecule has 4 aromatic rings. The van der Waals surface area contributed by atoms with Gasteiger partial charge in [-0.05, 0) is 41.3 Å². The Kier molecular flexibility index (Phi) is 3.47. The number of nitrogens with one attached hydrogen (secondary N) is 2. The van der Waals surface area contributed by atoms with E-state index in [1.165, 1.54) is 5.56 Å². The molecule has 0 atom stereocenters. The van der Waals surface area contributed by atoms with E-state index in [-0.39, 0.29) is 11.0 Å². The van der Waals surface area contributed by atoms with E-state index in [2.05, 4.69) is 53.3 Å². The monoisotopic (exact) mass is 349 g/mol. The lowest BCUT2D eigenvalue weighted by Gasteiger charge is -2.19. The van der Waals surface area contributed by atoms with E-state index >= 15 is 0 Å². The molecular weight excluding hydrogens is 330 g/mol. The molecule has 0 aliphatic heterocycles. The molecule has 0 spiro atoms. The second kappa shape index (κ2) is 5.59. The van der Waals surface area contributed by atoms with Gasteiger partial charge in [0.25, 0.3) is 5.78 Å². The summed E-state index contributed by atoms with van der Waals surface area (Å²) in [6.45, 7) is 6.54. The molecule has 0 aliphatic carbocycles. The normalized spacial score (nSPS) is 12.0. The van der Waals surface area contributed by atoms with E-state index in [4.69, 9.17) is 5.11 Å². The number of aromatic amines is 1. The van der Waals surface area contributed by atoms with Gasteiger partial charge in [0.1, 0.15) is 0 Å². The fraction of sp³-hybridized carbons (Fsp3) is 0.211. The van der Waals surface area contributed by atoms with Crippen LogP contribution in [0.15, 0.2) is 42.5 Å². The van der Waals surface area contributed by atoms with E-state index in [1.807, 2.05) is 12.1 Å². The zero-order valence-corrected chi connectivity index (χ0v) is 14.7. The van der Waals surface area contributed by atoms with Crippen LogP contribution in [-0.4, -0.2) is 30.7 Å². The van der Waals surface area contributed by atoms with Crippen LogP contribution in [0.25, 0.3) is 16.8 Å². The third-order valence-electron chi connectivity index (χ3n) is 4.33. The number of anilines is 2. The summed E-state index contributed by atoms with van der Waals surface area (Å²) >= 11 is 0. The SMILES string of the molecule is CC(C)(C)c1ccc(Nc2nc3nc4cc(C(=O)O)ccc4n3[nH]2)cc1. The Morgan fingerprint density at radius 2 is 1.85 bits per heavy atom. The predicted molar refractivity (Wildman–Crippen MR) is 100 cm³/mol. The lowest BCUT2D eigenvalue weighted by Crippen LogP contribution is -2.10. The number of rotatable bonds is 3. The molecule has 132 valence electrons. The molecule has 0 bridgehead atoms. The molecule has 0 saturated heterocycles. The number of carbonyl (C=O) groups is 1. The third-order valence-corrected chi connectivity index (χ3v) is 4.33. The largest absolute Gasteiger partial charge is 0.478 e. The number of H-pyrrole nitrogens is 1. The lowest BCUT2D eigenvalue weighted by atomic mass is 9.87. The van der Waals surface area contributed by atoms with Crippen LogP contribution >= 0.6 is 0 Å². The van der Waals surface area contributed by atoms with E-state index in [9.17, 15) is 4.79 Å². The summed E-state index contributed by atoms with van der Waals surface area (Å²) < 4.78 is 1.73. The molecular formula is C19H19N5O2. The van der Waals surface area contributed by atoms with E-state index < -0.39 is 5.97 Å². The quantitative estimate of drug-likeness (QED) is 0.520. The summed E-state index contributed by atoms with van der Waals surface area (Å²) in [6, 6.07) is 13.0. The second-order valence-electron chi connectivity index (χ2n) is 7.28. The molecule has 4 rings (SSSR count). The van der Waals surface area contributed by atoms with Crippen molar-refractivity contribution >= 4 is 34.4 Å². The average Bonchev–Trinajstić information content (AvgIpc) is 3.10. The van der Waals surface area contributed by atoms with Crippen molar-refractivity contribution in [2.45, 2.75) is 26.2 Å². The minimum atomic E-state index is -0.974. The van der Waals surface area contributed by atoms with Crippen LogP contribution in [0.4, 0.5) is 11.6 Å². The van der Waals surface area contributed by atoms with Gasteiger partial charge in [-0.3, -0.25) is 5.10 Å². The van der Waals surface area contributed by atoms with Crippen LogP contribution < -0.4 is 5.32 Å². The molecule has 0 unspecified atom stereocenters. The summed E-state index contributed by atoms with van der Waals surface area (Å²) in [5.74, 6) is 0.0779. The number of nitrogens with zero attached hydrogens (tertiary/aromatic N) is 3. The Bertz CT molecular complexity index is 1120. The Morgan fingerprint density at radius 1 is 1.12 bits per heavy atom. The number of imidazole rings is 1. The highest BCUT2D eigenvalue weighted by atomic mass is 16.4. The molecule has 0 fully saturated rings. The molecule has 2 aromatic heterocycles. The van der Waals surface area contributed by atoms with Crippen molar-refractivity contribution < 1.29 is 9.90 Å². The zero-order valence-electron chi connectivity index (χ0n) is 14.7. The first-order valence-electron chi connectivity index (χ1n) is 8.30. The van der Waals surface area contributed by atoms with Crippen LogP contribution in [0.1, 0.15) is 36.7 Å². The van der Waals surface area contributed by atoms with Crippen molar-refractivity contribution in [3.05, 3.63) is 53.6 Å². The van der Waals surface area contributed by atoms with Crippen LogP contribution in [0.5, 0.6) is 0 Å². The fourth-order valence-corrected chi connectivity index (χ4v) is 2.86. The van der Waals surface area contributed by atoms with Crippen molar-refractivity contribution in [1.29, 1.82) is 0 Å². The predicted octanol–water partition coefficient (Wildman–Crippen LogP) is 3.95. The van der Waals surface area contributed by atoms with Crippen molar-refractivity contribution in [2.24, 2.45) is 0 Å². The highest BCUT2D eigenvalue weighted by Gasteiger charge is 2.14. The Morgan fingerprint density at radius 3 is 2.50 bits per heavy atom. The van der Waals surface area contributed by atoms with Crippen LogP contribution in [0, 0.1) is 0 Å². The first-order chi connectivity index (χ1) is 12.3. The molecule has 0 amide bonds. The molecule has 26 heavy (non-hydrogen) atoms. The number of aromatic nitrogens is 4. The van der Waals surface area contributed by atoms with Gasteiger partial charge in [0.15, 0.2) is 0 Å². The van der Waals surface area contributed by atoms with E-state index in [0.717, 1.165) is 11.2 Å². The standard InChI is InChI=1S/C19H19N5O2/c1-19(2,3)12-5-7-13(8-6-12)20-17-22-18-21-14-10-11(16(25)26)4-9-15(14)24(18)23-17/h4-10H,1-3H3,(H,25,26)(H2,20,21,22,23). The van der Waals surface area contributed by atoms with Gasteiger partial charge in [-0.15, -0.1) is 0 Å². The maximum atomic E-state index is 11.1. The van der Waals surface area contributed by atoms with Gasteiger partial charge in [0, 0.05) is 5.69 Å². The summed E-state index contributed by atoms with van der Waals surface area (Å²) in [5.41, 5.74) is 3.86. The molecule has 0 radical (unpaired) electrons. The number of fused-ring (bicyclic) bond motifs is 3. The van der Waals surface area contributed by atoms with Gasteiger partial charge < -0.3 is 10.4 Å². The van der Waals surface area contributed by atoms with Crippen molar-refractivity contribution in [3.8, 4) is 0 Å². The maximum absolute atomic E-state index is 11.1. The summed E-state index contributed by atoms with van der Waals surface area (Å²) in [7, 11) is 0. The molecule has 7 heteroatoms. The Labute approximate surface area is 149 Å². The zero-order chi connectivity index (χ0) is 18.5. The summed E-state index contributed by atoms with van der Waals surface area (Å²) in [6.07, 6.45) is 0. The minimum absolute atomic E-state index is 0.109. The van der Waals surface area contributed by atoms with Crippen LogP contribution in [0.3, 0.4) is 0 Å². The molecule has 0 saturated carbocycles. The first-order valence-corrected chi connectivity index (χ1v) is 8.30. The van der Waals surface area contributed by atoms with Gasteiger partial charge in [-0.25, -0.2) is 14.3 Å². The van der Waals surface area contributed by atoms with Gasteiger partial charge in [0.05, 0.1) is 16.6 Å². The highest BCUT2D eigenvalue weighted by molar-refractivity contribution is 5.93. The van der Waals surface area contributed by atoms with Gasteiger partial charge in [-0.1, -0.05) is 32.9 Å². The van der Waals surface area contributed by atoms with Gasteiger partial charge in [0.2, 0.25) is 5.95 Å². The number of carboxylic acid groups (broad SMARTS) is 1. The van der Waals surface area contributed by atoms with Crippen molar-refractivity contribution in [3.63, 3.8) is 0 Å². The van der Waals surface area contributed by atoms with E-state index in [1.54, 1.807) is 22.7 Å². The van der Waals surface area contributed by atoms with Crippen LogP contribution in [-0.2, 0) is 5.41 Å². The summed E-state index contributed by atoms with van der Waals surface area (Å²) in [5, 5.41) is 15.5. The van der Waals surface area contributed by atoms with E-state index in [0.29, 0.717) is 17.2 Å².